The average Bonchev–Trinajstić information content (AvgIpc) is 2.78. The van der Waals surface area contributed by atoms with E-state index >= 15 is 0 Å². The third-order valence-electron chi connectivity index (χ3n) is 2.13. The van der Waals surface area contributed by atoms with Crippen molar-refractivity contribution < 1.29 is 4.74 Å². The summed E-state index contributed by atoms with van der Waals surface area (Å²) in [6.45, 7) is 0.590. The van der Waals surface area contributed by atoms with Crippen LogP contribution < -0.4 is 10.5 Å². The fraction of sp³-hybridized carbons (Fsp3) is 0.182. The highest BCUT2D eigenvalue weighted by atomic mass is 32.1. The standard InChI is InChI=1S/C11H12N2OS/c1-14-11-5-8(2-3-13-11)9-4-10(6-12)15-7-9/h2-5,7H,6,12H2,1H3. The van der Waals surface area contributed by atoms with Crippen molar-refractivity contribution >= 4 is 11.3 Å². The van der Waals surface area contributed by atoms with Crippen LogP contribution in [0.4, 0.5) is 0 Å². The van der Waals surface area contributed by atoms with Crippen molar-refractivity contribution in [2.75, 3.05) is 7.11 Å². The number of aromatic nitrogens is 1. The van der Waals surface area contributed by atoms with Gasteiger partial charge in [0, 0.05) is 23.7 Å². The van der Waals surface area contributed by atoms with Gasteiger partial charge in [-0.2, -0.15) is 0 Å². The van der Waals surface area contributed by atoms with Crippen molar-refractivity contribution in [3.8, 4) is 17.0 Å². The lowest BCUT2D eigenvalue weighted by Gasteiger charge is -2.00. The first-order valence-electron chi connectivity index (χ1n) is 4.61. The number of hydrogen-bond donors (Lipinski definition) is 1. The zero-order valence-corrected chi connectivity index (χ0v) is 9.25. The summed E-state index contributed by atoms with van der Waals surface area (Å²) in [5.74, 6) is 0.632. The van der Waals surface area contributed by atoms with Crippen LogP contribution in [0.25, 0.3) is 11.1 Å². The Morgan fingerprint density at radius 2 is 2.27 bits per heavy atom. The number of pyridine rings is 1. The van der Waals surface area contributed by atoms with E-state index in [0.717, 1.165) is 5.56 Å². The van der Waals surface area contributed by atoms with Gasteiger partial charge in [0.2, 0.25) is 5.88 Å². The van der Waals surface area contributed by atoms with Crippen molar-refractivity contribution in [1.29, 1.82) is 0 Å². The molecule has 2 rings (SSSR count). The topological polar surface area (TPSA) is 48.1 Å². The van der Waals surface area contributed by atoms with E-state index in [1.165, 1.54) is 10.4 Å². The molecule has 0 saturated carbocycles. The number of thiophene rings is 1. The van der Waals surface area contributed by atoms with Crippen molar-refractivity contribution in [2.24, 2.45) is 5.73 Å². The molecule has 0 amide bonds. The maximum atomic E-state index is 5.57. The molecule has 2 aromatic rings. The molecule has 15 heavy (non-hydrogen) atoms. The highest BCUT2D eigenvalue weighted by Crippen LogP contribution is 2.26. The lowest BCUT2D eigenvalue weighted by molar-refractivity contribution is 0.398. The number of hydrogen-bond acceptors (Lipinski definition) is 4. The Balaban J connectivity index is 2.35. The largest absolute Gasteiger partial charge is 0.481 e. The Labute approximate surface area is 92.5 Å². The quantitative estimate of drug-likeness (QED) is 0.863. The Kier molecular flexibility index (Phi) is 2.99. The molecular formula is C11H12N2OS. The first-order valence-corrected chi connectivity index (χ1v) is 5.49. The minimum absolute atomic E-state index is 0.590. The van der Waals surface area contributed by atoms with Crippen LogP contribution in [0.3, 0.4) is 0 Å². The molecule has 2 N–H and O–H groups in total. The van der Waals surface area contributed by atoms with E-state index in [4.69, 9.17) is 10.5 Å². The number of rotatable bonds is 3. The van der Waals surface area contributed by atoms with Crippen molar-refractivity contribution in [2.45, 2.75) is 6.54 Å². The van der Waals surface area contributed by atoms with Crippen LogP contribution in [0.15, 0.2) is 29.8 Å². The fourth-order valence-corrected chi connectivity index (χ4v) is 2.11. The number of nitrogens with two attached hydrogens (primary N) is 1. The molecular weight excluding hydrogens is 208 g/mol. The van der Waals surface area contributed by atoms with Crippen molar-refractivity contribution in [1.82, 2.24) is 4.98 Å². The summed E-state index contributed by atoms with van der Waals surface area (Å²) >= 11 is 1.67. The fourth-order valence-electron chi connectivity index (χ4n) is 1.34. The smallest absolute Gasteiger partial charge is 0.213 e. The molecule has 0 spiro atoms. The summed E-state index contributed by atoms with van der Waals surface area (Å²) < 4.78 is 5.08. The van der Waals surface area contributed by atoms with E-state index in [0.29, 0.717) is 12.4 Å². The van der Waals surface area contributed by atoms with Gasteiger partial charge < -0.3 is 10.5 Å². The van der Waals surface area contributed by atoms with E-state index < -0.39 is 0 Å². The molecule has 0 aliphatic carbocycles. The van der Waals surface area contributed by atoms with E-state index in [1.54, 1.807) is 24.6 Å². The molecule has 2 heterocycles. The second-order valence-corrected chi connectivity index (χ2v) is 4.09. The van der Waals surface area contributed by atoms with Crippen LogP contribution in [0, 0.1) is 0 Å². The van der Waals surface area contributed by atoms with Gasteiger partial charge >= 0.3 is 0 Å². The van der Waals surface area contributed by atoms with Gasteiger partial charge in [0.25, 0.3) is 0 Å². The molecule has 0 radical (unpaired) electrons. The predicted molar refractivity (Wildman–Crippen MR) is 62.0 cm³/mol. The maximum absolute atomic E-state index is 5.57. The third-order valence-corrected chi connectivity index (χ3v) is 3.09. The molecule has 3 nitrogen and oxygen atoms in total. The Hall–Kier alpha value is -1.39. The monoisotopic (exact) mass is 220 g/mol. The van der Waals surface area contributed by atoms with Crippen LogP contribution in [-0.4, -0.2) is 12.1 Å². The van der Waals surface area contributed by atoms with Gasteiger partial charge in [-0.05, 0) is 28.6 Å². The molecule has 0 aromatic carbocycles. The van der Waals surface area contributed by atoms with Crippen LogP contribution in [0.5, 0.6) is 5.88 Å². The highest BCUT2D eigenvalue weighted by Gasteiger charge is 2.03. The number of ether oxygens (including phenoxy) is 1. The Morgan fingerprint density at radius 1 is 1.40 bits per heavy atom. The van der Waals surface area contributed by atoms with Gasteiger partial charge in [-0.1, -0.05) is 0 Å². The van der Waals surface area contributed by atoms with Crippen LogP contribution in [0.1, 0.15) is 4.88 Å². The molecule has 78 valence electrons. The molecule has 0 aliphatic heterocycles. The second-order valence-electron chi connectivity index (χ2n) is 3.09. The summed E-state index contributed by atoms with van der Waals surface area (Å²) in [6.07, 6.45) is 1.74. The molecule has 0 atom stereocenters. The van der Waals surface area contributed by atoms with Crippen LogP contribution in [0.2, 0.25) is 0 Å². The van der Waals surface area contributed by atoms with E-state index in [-0.39, 0.29) is 0 Å². The highest BCUT2D eigenvalue weighted by molar-refractivity contribution is 7.10. The Morgan fingerprint density at radius 3 is 2.93 bits per heavy atom. The van der Waals surface area contributed by atoms with Crippen molar-refractivity contribution in [3.63, 3.8) is 0 Å². The third kappa shape index (κ3) is 2.16. The molecule has 0 saturated heterocycles. The molecule has 0 aliphatic rings. The minimum Gasteiger partial charge on any atom is -0.481 e. The normalized spacial score (nSPS) is 10.3. The van der Waals surface area contributed by atoms with Gasteiger partial charge in [-0.15, -0.1) is 11.3 Å². The Bertz CT molecular complexity index is 453. The lowest BCUT2D eigenvalue weighted by Crippen LogP contribution is -1.91. The van der Waals surface area contributed by atoms with E-state index in [9.17, 15) is 0 Å². The SMILES string of the molecule is COc1cc(-c2csc(CN)c2)ccn1. The zero-order chi connectivity index (χ0) is 10.7. The average molecular weight is 220 g/mol. The summed E-state index contributed by atoms with van der Waals surface area (Å²) in [5, 5.41) is 2.09. The van der Waals surface area contributed by atoms with Gasteiger partial charge in [0.1, 0.15) is 0 Å². The van der Waals surface area contributed by atoms with Gasteiger partial charge in [-0.3, -0.25) is 0 Å². The molecule has 0 unspecified atom stereocenters. The first kappa shape index (κ1) is 10.1. The molecule has 2 aromatic heterocycles. The predicted octanol–water partition coefficient (Wildman–Crippen LogP) is 2.28. The summed E-state index contributed by atoms with van der Waals surface area (Å²) in [4.78, 5) is 5.25. The van der Waals surface area contributed by atoms with Crippen LogP contribution >= 0.6 is 11.3 Å². The maximum Gasteiger partial charge on any atom is 0.213 e. The van der Waals surface area contributed by atoms with Crippen molar-refractivity contribution in [3.05, 3.63) is 34.7 Å². The summed E-state index contributed by atoms with van der Waals surface area (Å²) in [5.41, 5.74) is 7.85. The first-order chi connectivity index (χ1) is 7.33. The van der Waals surface area contributed by atoms with Gasteiger partial charge in [0.05, 0.1) is 7.11 Å². The van der Waals surface area contributed by atoms with Crippen LogP contribution in [-0.2, 0) is 6.54 Å². The lowest BCUT2D eigenvalue weighted by atomic mass is 10.1. The number of methoxy groups -OCH3 is 1. The minimum atomic E-state index is 0.590. The molecule has 0 bridgehead atoms. The molecule has 0 fully saturated rings. The molecule has 4 heteroatoms. The second kappa shape index (κ2) is 4.42. The summed E-state index contributed by atoms with van der Waals surface area (Å²) in [6, 6.07) is 5.98. The van der Waals surface area contributed by atoms with Gasteiger partial charge in [-0.25, -0.2) is 4.98 Å². The number of nitrogens with zero attached hydrogens (tertiary/aromatic N) is 1. The van der Waals surface area contributed by atoms with Gasteiger partial charge in [0.15, 0.2) is 0 Å². The zero-order valence-electron chi connectivity index (χ0n) is 8.43. The van der Waals surface area contributed by atoms with E-state index in [1.807, 2.05) is 12.1 Å². The van der Waals surface area contributed by atoms with E-state index in [2.05, 4.69) is 16.4 Å². The summed E-state index contributed by atoms with van der Waals surface area (Å²) in [7, 11) is 1.62.